The molecule has 0 saturated heterocycles. The lowest BCUT2D eigenvalue weighted by Crippen LogP contribution is -2.24. The number of fused-ring (bicyclic) bond motifs is 1. The van der Waals surface area contributed by atoms with Crippen LogP contribution in [0.25, 0.3) is 21.9 Å². The summed E-state index contributed by atoms with van der Waals surface area (Å²) in [4.78, 5) is 50.5. The lowest BCUT2D eigenvalue weighted by atomic mass is 9.95. The second-order valence-corrected chi connectivity index (χ2v) is 7.83. The van der Waals surface area contributed by atoms with E-state index in [1.54, 1.807) is 6.07 Å². The van der Waals surface area contributed by atoms with Gasteiger partial charge in [0.1, 0.15) is 16.9 Å². The van der Waals surface area contributed by atoms with Gasteiger partial charge in [-0.1, -0.05) is 42.5 Å². The number of aromatic nitrogens is 1. The molecule has 0 atom stereocenters. The standard InChI is InChI=1S/C26H21N3O8/c1-36-18-11-14(20-21(25(32)33)23(27)29-24(31)22(20)26(34)35)9-10-17(18)37-12-19(30)28-16-8-4-6-13-5-2-3-7-15(13)16/h2-11H,12H2,1H3,(H,28,30)(H,32,33)(H,34,35)(H3,27,29,31). The number of anilines is 2. The van der Waals surface area contributed by atoms with Crippen LogP contribution in [0.5, 0.6) is 11.5 Å². The summed E-state index contributed by atoms with van der Waals surface area (Å²) in [7, 11) is 1.31. The first-order chi connectivity index (χ1) is 17.7. The first-order valence-electron chi connectivity index (χ1n) is 10.8. The number of H-pyrrole nitrogens is 1. The molecule has 1 amide bonds. The van der Waals surface area contributed by atoms with Gasteiger partial charge in [0.25, 0.3) is 11.5 Å². The van der Waals surface area contributed by atoms with E-state index >= 15 is 0 Å². The number of amides is 1. The number of nitrogen functional groups attached to an aromatic ring is 1. The van der Waals surface area contributed by atoms with Gasteiger partial charge in [0, 0.05) is 16.6 Å². The summed E-state index contributed by atoms with van der Waals surface area (Å²) in [5.74, 6) is -3.90. The van der Waals surface area contributed by atoms with E-state index in [1.807, 2.05) is 41.4 Å². The van der Waals surface area contributed by atoms with Crippen LogP contribution in [0.2, 0.25) is 0 Å². The highest BCUT2D eigenvalue weighted by Gasteiger charge is 2.27. The number of nitrogens with two attached hydrogens (primary N) is 1. The summed E-state index contributed by atoms with van der Waals surface area (Å²) >= 11 is 0. The first-order valence-corrected chi connectivity index (χ1v) is 10.8. The molecular formula is C26H21N3O8. The Morgan fingerprint density at radius 3 is 2.35 bits per heavy atom. The predicted molar refractivity (Wildman–Crippen MR) is 135 cm³/mol. The minimum atomic E-state index is -1.64. The molecule has 0 bridgehead atoms. The molecule has 6 N–H and O–H groups in total. The van der Waals surface area contributed by atoms with Crippen molar-refractivity contribution in [3.63, 3.8) is 0 Å². The zero-order valence-electron chi connectivity index (χ0n) is 19.4. The average molecular weight is 503 g/mol. The van der Waals surface area contributed by atoms with Crippen molar-refractivity contribution in [1.82, 2.24) is 4.98 Å². The number of hydrogen-bond acceptors (Lipinski definition) is 7. The molecule has 0 fully saturated rings. The molecule has 1 aromatic heterocycles. The van der Waals surface area contributed by atoms with Gasteiger partial charge in [-0.2, -0.15) is 0 Å². The SMILES string of the molecule is COc1cc(-c2c(C(=O)O)c(N)[nH]c(=O)c2C(=O)O)ccc1OCC(=O)Nc1cccc2ccccc12. The highest BCUT2D eigenvalue weighted by molar-refractivity contribution is 6.07. The minimum Gasteiger partial charge on any atom is -0.493 e. The van der Waals surface area contributed by atoms with E-state index < -0.39 is 40.3 Å². The highest BCUT2D eigenvalue weighted by Crippen LogP contribution is 2.36. The van der Waals surface area contributed by atoms with Gasteiger partial charge in [-0.3, -0.25) is 9.59 Å². The Morgan fingerprint density at radius 2 is 1.65 bits per heavy atom. The molecule has 1 heterocycles. The van der Waals surface area contributed by atoms with Gasteiger partial charge in [-0.05, 0) is 29.1 Å². The van der Waals surface area contributed by atoms with E-state index in [0.29, 0.717) is 5.69 Å². The third-order valence-corrected chi connectivity index (χ3v) is 5.55. The number of aromatic amines is 1. The first kappa shape index (κ1) is 24.8. The second-order valence-electron chi connectivity index (χ2n) is 7.83. The number of carbonyl (C=O) groups excluding carboxylic acids is 1. The number of carbonyl (C=O) groups is 3. The molecular weight excluding hydrogens is 482 g/mol. The molecule has 0 unspecified atom stereocenters. The summed E-state index contributed by atoms with van der Waals surface area (Å²) in [6.45, 7) is -0.377. The van der Waals surface area contributed by atoms with Gasteiger partial charge in [0.15, 0.2) is 18.1 Å². The fourth-order valence-corrected chi connectivity index (χ4v) is 3.94. The Bertz CT molecular complexity index is 1600. The molecule has 0 aliphatic heterocycles. The van der Waals surface area contributed by atoms with Gasteiger partial charge in [-0.15, -0.1) is 0 Å². The van der Waals surface area contributed by atoms with Crippen LogP contribution >= 0.6 is 0 Å². The van der Waals surface area contributed by atoms with E-state index in [1.165, 1.54) is 25.3 Å². The smallest absolute Gasteiger partial charge is 0.342 e. The maximum Gasteiger partial charge on any atom is 0.342 e. The van der Waals surface area contributed by atoms with Crippen molar-refractivity contribution < 1.29 is 34.1 Å². The molecule has 11 heteroatoms. The maximum absolute atomic E-state index is 12.6. The molecule has 0 radical (unpaired) electrons. The zero-order valence-corrected chi connectivity index (χ0v) is 19.4. The van der Waals surface area contributed by atoms with E-state index in [2.05, 4.69) is 5.32 Å². The molecule has 0 spiro atoms. The number of benzene rings is 3. The second kappa shape index (κ2) is 10.1. The number of rotatable bonds is 8. The summed E-state index contributed by atoms with van der Waals surface area (Å²) in [5.41, 5.74) is 3.51. The molecule has 0 aliphatic rings. The number of carboxylic acid groups (broad SMARTS) is 2. The lowest BCUT2D eigenvalue weighted by Gasteiger charge is -2.15. The average Bonchev–Trinajstić information content (AvgIpc) is 2.86. The van der Waals surface area contributed by atoms with Crippen molar-refractivity contribution in [3.8, 4) is 22.6 Å². The third kappa shape index (κ3) is 4.91. The Labute approximate surface area is 209 Å². The van der Waals surface area contributed by atoms with Crippen LogP contribution in [-0.4, -0.2) is 46.8 Å². The van der Waals surface area contributed by atoms with Crippen molar-refractivity contribution in [3.05, 3.63) is 82.1 Å². The predicted octanol–water partition coefficient (Wildman–Crippen LogP) is 3.20. The van der Waals surface area contributed by atoms with Gasteiger partial charge in [0.2, 0.25) is 0 Å². The summed E-state index contributed by atoms with van der Waals surface area (Å²) in [5, 5.41) is 23.8. The minimum absolute atomic E-state index is 0.0389. The molecule has 11 nitrogen and oxygen atoms in total. The van der Waals surface area contributed by atoms with Crippen molar-refractivity contribution in [2.75, 3.05) is 24.8 Å². The van der Waals surface area contributed by atoms with Gasteiger partial charge < -0.3 is 35.7 Å². The van der Waals surface area contributed by atoms with E-state index in [9.17, 15) is 29.4 Å². The largest absolute Gasteiger partial charge is 0.493 e. The monoisotopic (exact) mass is 503 g/mol. The molecule has 0 saturated carbocycles. The molecule has 37 heavy (non-hydrogen) atoms. The van der Waals surface area contributed by atoms with Crippen LogP contribution in [0.4, 0.5) is 11.5 Å². The van der Waals surface area contributed by atoms with Crippen molar-refractivity contribution in [1.29, 1.82) is 0 Å². The number of methoxy groups -OCH3 is 1. The molecule has 3 aromatic carbocycles. The van der Waals surface area contributed by atoms with E-state index in [4.69, 9.17) is 15.2 Å². The maximum atomic E-state index is 12.6. The van der Waals surface area contributed by atoms with Gasteiger partial charge in [-0.25, -0.2) is 9.59 Å². The Hall–Kier alpha value is -5.32. The lowest BCUT2D eigenvalue weighted by molar-refractivity contribution is -0.118. The zero-order chi connectivity index (χ0) is 26.7. The Kier molecular flexibility index (Phi) is 6.78. The highest BCUT2D eigenvalue weighted by atomic mass is 16.5. The summed E-state index contributed by atoms with van der Waals surface area (Å²) in [6.07, 6.45) is 0. The quantitative estimate of drug-likeness (QED) is 0.241. The topological polar surface area (TPSA) is 181 Å². The van der Waals surface area contributed by atoms with Gasteiger partial charge >= 0.3 is 11.9 Å². The number of hydrogen-bond donors (Lipinski definition) is 5. The molecule has 0 aliphatic carbocycles. The van der Waals surface area contributed by atoms with Crippen LogP contribution in [-0.2, 0) is 4.79 Å². The summed E-state index contributed by atoms with van der Waals surface area (Å²) in [6, 6.07) is 17.1. The number of aromatic carboxylic acids is 2. The van der Waals surface area contributed by atoms with Gasteiger partial charge in [0.05, 0.1) is 7.11 Å². The fourth-order valence-electron chi connectivity index (χ4n) is 3.94. The third-order valence-electron chi connectivity index (χ3n) is 5.55. The number of pyridine rings is 1. The molecule has 4 aromatic rings. The Morgan fingerprint density at radius 1 is 0.946 bits per heavy atom. The van der Waals surface area contributed by atoms with Crippen LogP contribution < -0.4 is 26.1 Å². The van der Waals surface area contributed by atoms with Crippen LogP contribution in [0.3, 0.4) is 0 Å². The van der Waals surface area contributed by atoms with Crippen molar-refractivity contribution in [2.45, 2.75) is 0 Å². The number of ether oxygens (including phenoxy) is 2. The summed E-state index contributed by atoms with van der Waals surface area (Å²) < 4.78 is 10.9. The number of nitrogens with one attached hydrogen (secondary N) is 2. The fraction of sp³-hybridized carbons (Fsp3) is 0.0769. The van der Waals surface area contributed by atoms with Crippen molar-refractivity contribution >= 4 is 40.1 Å². The molecule has 188 valence electrons. The van der Waals surface area contributed by atoms with Crippen LogP contribution in [0.15, 0.2) is 65.5 Å². The van der Waals surface area contributed by atoms with E-state index in [-0.39, 0.29) is 29.2 Å². The normalized spacial score (nSPS) is 10.6. The Balaban J connectivity index is 1.63. The molecule has 4 rings (SSSR count). The van der Waals surface area contributed by atoms with E-state index in [0.717, 1.165) is 10.8 Å². The van der Waals surface area contributed by atoms with Crippen LogP contribution in [0.1, 0.15) is 20.7 Å². The van der Waals surface area contributed by atoms with Crippen molar-refractivity contribution in [2.24, 2.45) is 0 Å². The van der Waals surface area contributed by atoms with Crippen LogP contribution in [0, 0.1) is 0 Å². The number of carboxylic acids is 2.